The van der Waals surface area contributed by atoms with Gasteiger partial charge in [-0.05, 0) is 24.5 Å². The number of rotatable bonds is 3. The fourth-order valence-corrected chi connectivity index (χ4v) is 3.46. The number of pyridine rings is 1. The highest BCUT2D eigenvalue weighted by molar-refractivity contribution is 5.30. The molecular formula is C15H21NO3. The van der Waals surface area contributed by atoms with Crippen molar-refractivity contribution in [2.45, 2.75) is 43.3 Å². The maximum Gasteiger partial charge on any atom is 0.0986 e. The van der Waals surface area contributed by atoms with Crippen LogP contribution >= 0.6 is 0 Å². The van der Waals surface area contributed by atoms with Crippen molar-refractivity contribution in [1.29, 1.82) is 0 Å². The smallest absolute Gasteiger partial charge is 0.0986 e. The van der Waals surface area contributed by atoms with E-state index < -0.39 is 11.7 Å². The number of aromatic nitrogens is 1. The molecule has 1 aliphatic heterocycles. The van der Waals surface area contributed by atoms with Crippen LogP contribution in [0.4, 0.5) is 0 Å². The van der Waals surface area contributed by atoms with Gasteiger partial charge in [0.25, 0.3) is 0 Å². The zero-order chi connectivity index (χ0) is 13.3. The number of aryl methyl sites for hydroxylation is 1. The van der Waals surface area contributed by atoms with Crippen molar-refractivity contribution in [3.8, 4) is 0 Å². The summed E-state index contributed by atoms with van der Waals surface area (Å²) in [4.78, 5) is 4.48. The number of fused-ring (bicyclic) bond motifs is 1. The van der Waals surface area contributed by atoms with E-state index in [2.05, 4.69) is 11.1 Å². The highest BCUT2D eigenvalue weighted by Crippen LogP contribution is 2.41. The van der Waals surface area contributed by atoms with Crippen molar-refractivity contribution in [3.63, 3.8) is 0 Å². The van der Waals surface area contributed by atoms with E-state index in [1.54, 1.807) is 7.11 Å². The first-order chi connectivity index (χ1) is 9.27. The van der Waals surface area contributed by atoms with Crippen LogP contribution in [0.2, 0.25) is 0 Å². The minimum Gasteiger partial charge on any atom is -0.389 e. The summed E-state index contributed by atoms with van der Waals surface area (Å²) in [6.45, 7) is 1.32. The van der Waals surface area contributed by atoms with Gasteiger partial charge < -0.3 is 14.6 Å². The van der Waals surface area contributed by atoms with Crippen molar-refractivity contribution in [3.05, 3.63) is 29.6 Å². The highest BCUT2D eigenvalue weighted by Gasteiger charge is 2.46. The summed E-state index contributed by atoms with van der Waals surface area (Å²) >= 11 is 0. The molecular weight excluding hydrogens is 242 g/mol. The molecule has 1 aromatic heterocycles. The Labute approximate surface area is 113 Å². The Morgan fingerprint density at radius 3 is 3.00 bits per heavy atom. The third-order valence-corrected chi connectivity index (χ3v) is 4.67. The summed E-state index contributed by atoms with van der Waals surface area (Å²) in [6.07, 6.45) is 4.78. The van der Waals surface area contributed by atoms with Crippen LogP contribution in [-0.4, -0.2) is 42.1 Å². The summed E-state index contributed by atoms with van der Waals surface area (Å²) < 4.78 is 11.1. The van der Waals surface area contributed by atoms with Gasteiger partial charge >= 0.3 is 0 Å². The quantitative estimate of drug-likeness (QED) is 0.901. The second-order valence-corrected chi connectivity index (χ2v) is 5.52. The van der Waals surface area contributed by atoms with Gasteiger partial charge in [0.05, 0.1) is 11.7 Å². The van der Waals surface area contributed by atoms with Gasteiger partial charge in [-0.15, -0.1) is 0 Å². The summed E-state index contributed by atoms with van der Waals surface area (Å²) in [5.74, 6) is 0.0919. The normalized spacial score (nSPS) is 26.9. The molecule has 0 radical (unpaired) electrons. The predicted octanol–water partition coefficient (Wildman–Crippen LogP) is 1.67. The van der Waals surface area contributed by atoms with Gasteiger partial charge in [0.15, 0.2) is 0 Å². The van der Waals surface area contributed by atoms with E-state index in [1.165, 1.54) is 5.56 Å². The molecule has 1 aliphatic carbocycles. The van der Waals surface area contributed by atoms with Crippen LogP contribution in [0.1, 0.15) is 36.4 Å². The molecule has 2 unspecified atom stereocenters. The van der Waals surface area contributed by atoms with Crippen LogP contribution in [-0.2, 0) is 15.9 Å². The number of nitrogens with zero attached hydrogens (tertiary/aromatic N) is 1. The first kappa shape index (κ1) is 13.0. The lowest BCUT2D eigenvalue weighted by Gasteiger charge is -2.42. The maximum absolute atomic E-state index is 10.9. The molecule has 4 nitrogen and oxygen atoms in total. The van der Waals surface area contributed by atoms with Crippen LogP contribution in [0.15, 0.2) is 18.3 Å². The number of aliphatic hydroxyl groups excluding tert-OH is 1. The zero-order valence-corrected chi connectivity index (χ0v) is 11.3. The van der Waals surface area contributed by atoms with Gasteiger partial charge in [-0.2, -0.15) is 0 Å². The van der Waals surface area contributed by atoms with Gasteiger partial charge in [0.2, 0.25) is 0 Å². The molecule has 2 atom stereocenters. The Kier molecular flexibility index (Phi) is 3.56. The van der Waals surface area contributed by atoms with E-state index >= 15 is 0 Å². The van der Waals surface area contributed by atoms with Crippen molar-refractivity contribution < 1.29 is 14.6 Å². The zero-order valence-electron chi connectivity index (χ0n) is 11.3. The SMILES string of the molecule is COC1(C(O)C2CCc3cccnc32)CCOCC1. The average molecular weight is 263 g/mol. The van der Waals surface area contributed by atoms with E-state index in [-0.39, 0.29) is 5.92 Å². The minimum atomic E-state index is -0.502. The summed E-state index contributed by atoms with van der Waals surface area (Å²) in [6, 6.07) is 4.08. The average Bonchev–Trinajstić information content (AvgIpc) is 2.91. The topological polar surface area (TPSA) is 51.6 Å². The fourth-order valence-electron chi connectivity index (χ4n) is 3.46. The highest BCUT2D eigenvalue weighted by atomic mass is 16.5. The third-order valence-electron chi connectivity index (χ3n) is 4.67. The summed E-state index contributed by atoms with van der Waals surface area (Å²) in [5, 5.41) is 10.9. The number of ether oxygens (including phenoxy) is 2. The first-order valence-corrected chi connectivity index (χ1v) is 7.01. The molecule has 1 N–H and O–H groups in total. The van der Waals surface area contributed by atoms with E-state index in [1.807, 2.05) is 12.3 Å². The first-order valence-electron chi connectivity index (χ1n) is 7.01. The molecule has 1 fully saturated rings. The third kappa shape index (κ3) is 2.18. The Balaban J connectivity index is 1.86. The van der Waals surface area contributed by atoms with Crippen molar-refractivity contribution in [1.82, 2.24) is 4.98 Å². The van der Waals surface area contributed by atoms with Crippen LogP contribution in [0.25, 0.3) is 0 Å². The van der Waals surface area contributed by atoms with Gasteiger partial charge in [-0.3, -0.25) is 4.98 Å². The fraction of sp³-hybridized carbons (Fsp3) is 0.667. The molecule has 19 heavy (non-hydrogen) atoms. The molecule has 0 saturated carbocycles. The molecule has 2 aliphatic rings. The Bertz CT molecular complexity index is 443. The van der Waals surface area contributed by atoms with Crippen molar-refractivity contribution in [2.24, 2.45) is 0 Å². The molecule has 0 spiro atoms. The summed E-state index contributed by atoms with van der Waals surface area (Å²) in [7, 11) is 1.70. The molecule has 104 valence electrons. The minimum absolute atomic E-state index is 0.0919. The molecule has 1 saturated heterocycles. The standard InChI is InChI=1S/C15H21NO3/c1-18-15(6-9-19-10-7-15)14(17)12-5-4-11-3-2-8-16-13(11)12/h2-3,8,12,14,17H,4-7,9-10H2,1H3. The lowest BCUT2D eigenvalue weighted by atomic mass is 9.80. The lowest BCUT2D eigenvalue weighted by molar-refractivity contribution is -0.159. The van der Waals surface area contributed by atoms with Crippen LogP contribution in [0.5, 0.6) is 0 Å². The van der Waals surface area contributed by atoms with Crippen molar-refractivity contribution >= 4 is 0 Å². The Morgan fingerprint density at radius 1 is 1.47 bits per heavy atom. The Hall–Kier alpha value is -0.970. The van der Waals surface area contributed by atoms with Crippen LogP contribution in [0.3, 0.4) is 0 Å². The van der Waals surface area contributed by atoms with Gasteiger partial charge in [0.1, 0.15) is 0 Å². The number of aliphatic hydroxyl groups is 1. The van der Waals surface area contributed by atoms with Crippen LogP contribution in [0, 0.1) is 0 Å². The van der Waals surface area contributed by atoms with E-state index in [0.717, 1.165) is 31.4 Å². The van der Waals surface area contributed by atoms with Crippen molar-refractivity contribution in [2.75, 3.05) is 20.3 Å². The largest absolute Gasteiger partial charge is 0.389 e. The van der Waals surface area contributed by atoms with Gasteiger partial charge in [-0.25, -0.2) is 0 Å². The number of methoxy groups -OCH3 is 1. The van der Waals surface area contributed by atoms with Crippen LogP contribution < -0.4 is 0 Å². The second kappa shape index (κ2) is 5.19. The van der Waals surface area contributed by atoms with E-state index in [4.69, 9.17) is 9.47 Å². The van der Waals surface area contributed by atoms with Gasteiger partial charge in [-0.1, -0.05) is 6.07 Å². The van der Waals surface area contributed by atoms with E-state index in [9.17, 15) is 5.11 Å². The monoisotopic (exact) mass is 263 g/mol. The number of hydrogen-bond donors (Lipinski definition) is 1. The second-order valence-electron chi connectivity index (χ2n) is 5.52. The maximum atomic E-state index is 10.9. The molecule has 3 rings (SSSR count). The molecule has 0 bridgehead atoms. The molecule has 4 heteroatoms. The molecule has 1 aromatic rings. The predicted molar refractivity (Wildman–Crippen MR) is 71.1 cm³/mol. The van der Waals surface area contributed by atoms with Gasteiger partial charge in [0, 0.05) is 51.0 Å². The molecule has 2 heterocycles. The molecule has 0 amide bonds. The van der Waals surface area contributed by atoms with E-state index in [0.29, 0.717) is 13.2 Å². The molecule has 0 aromatic carbocycles. The number of hydrogen-bond acceptors (Lipinski definition) is 4. The summed E-state index contributed by atoms with van der Waals surface area (Å²) in [5.41, 5.74) is 1.85. The lowest BCUT2D eigenvalue weighted by Crippen LogP contribution is -2.50. The Morgan fingerprint density at radius 2 is 2.26 bits per heavy atom.